The molecular weight excluding hydrogens is 1200 g/mol. The van der Waals surface area contributed by atoms with Gasteiger partial charge in [0.25, 0.3) is 43.7 Å². The summed E-state index contributed by atoms with van der Waals surface area (Å²) in [6.45, 7) is 7.45. The molecule has 0 N–H and O–H groups in total. The number of anilines is 2. The summed E-state index contributed by atoms with van der Waals surface area (Å²) in [4.78, 5) is 59.4. The molecular formula is C58H54N6O8S9. The van der Waals surface area contributed by atoms with Gasteiger partial charge in [-0.3, -0.25) is 29.0 Å². The molecule has 10 heterocycles. The minimum absolute atomic E-state index is 0. The third kappa shape index (κ3) is 7.40. The van der Waals surface area contributed by atoms with Crippen LogP contribution < -0.4 is 8.61 Å². The van der Waals surface area contributed by atoms with Crippen molar-refractivity contribution in [3.05, 3.63) is 191 Å². The molecule has 14 nitrogen and oxygen atoms in total. The van der Waals surface area contributed by atoms with E-state index >= 15 is 0 Å². The number of hydrogen-bond donors (Lipinski definition) is 0. The number of sulfonamides is 2. The third-order valence-corrected chi connectivity index (χ3v) is 31.3. The first-order chi connectivity index (χ1) is 38.1. The summed E-state index contributed by atoms with van der Waals surface area (Å²) < 4.78 is 61.7. The number of benzene rings is 6. The van der Waals surface area contributed by atoms with Crippen LogP contribution in [0.3, 0.4) is 0 Å². The van der Waals surface area contributed by atoms with Crippen molar-refractivity contribution in [1.82, 2.24) is 19.6 Å². The molecule has 10 aliphatic heterocycles. The van der Waals surface area contributed by atoms with Crippen LogP contribution in [0.15, 0.2) is 168 Å². The van der Waals surface area contributed by atoms with Crippen LogP contribution in [0.1, 0.15) is 67.5 Å². The van der Waals surface area contributed by atoms with Crippen LogP contribution in [-0.4, -0.2) is 110 Å². The Bertz CT molecular complexity index is 3910. The summed E-state index contributed by atoms with van der Waals surface area (Å²) in [6.07, 6.45) is -1.56. The highest BCUT2D eigenvalue weighted by atomic mass is 33.7. The summed E-state index contributed by atoms with van der Waals surface area (Å²) in [5.74, 6) is -1.02. The molecule has 2 spiro atoms. The number of nitrogens with zero attached hydrogens (tertiary/aromatic N) is 6. The normalized spacial score (nSPS) is 30.6. The van der Waals surface area contributed by atoms with Gasteiger partial charge >= 0.3 is 0 Å². The van der Waals surface area contributed by atoms with Crippen LogP contribution in [0.2, 0.25) is 0 Å². The molecule has 16 rings (SSSR count). The molecule has 6 aromatic carbocycles. The van der Waals surface area contributed by atoms with Gasteiger partial charge in [0.05, 0.1) is 32.0 Å². The number of likely N-dealkylation sites (N-methyl/N-ethyl adjacent to an activating group) is 2. The van der Waals surface area contributed by atoms with Crippen molar-refractivity contribution in [2.24, 2.45) is 0 Å². The summed E-state index contributed by atoms with van der Waals surface area (Å²) in [6, 6.07) is 47.5. The SMILES string of the molecule is C.Cc1ccc([C@]23C[C@@]45SC(=S)S[C@@](C)(C(=O)N4[C@H]2N(S(=O)(=O)c2ccccc2)c2ccccc23)N(C)C5=O)cc1.Cc1ccc([C@]23C[C@@]45SSSS[C@@](C)(C(=O)N4[C@H]2N(S(=O)(=O)c2ccccc2)c2ccccc23)N(C)C5=O)cc1. The molecule has 10 aliphatic rings. The molecule has 8 atom stereocenters. The van der Waals surface area contributed by atoms with E-state index in [2.05, 4.69) is 0 Å². The quantitative estimate of drug-likeness (QED) is 0.115. The molecule has 4 bridgehead atoms. The van der Waals surface area contributed by atoms with Gasteiger partial charge in [-0.15, -0.1) is 0 Å². The average Bonchev–Trinajstić information content (AvgIpc) is 4.29. The number of amides is 4. The Balaban J connectivity index is 0.000000159. The number of thioether (sulfide) groups is 2. The Morgan fingerprint density at radius 3 is 1.35 bits per heavy atom. The lowest BCUT2D eigenvalue weighted by Crippen LogP contribution is -2.73. The molecule has 6 aromatic rings. The van der Waals surface area contributed by atoms with E-state index in [4.69, 9.17) is 12.2 Å². The maximum atomic E-state index is 14.7. The monoisotopic (exact) mass is 1250 g/mol. The van der Waals surface area contributed by atoms with Crippen LogP contribution >= 0.6 is 77.0 Å². The number of carbonyl (C=O) groups is 4. The van der Waals surface area contributed by atoms with Gasteiger partial charge in [-0.05, 0) is 128 Å². The van der Waals surface area contributed by atoms with E-state index in [9.17, 15) is 36.0 Å². The molecule has 4 amide bonds. The van der Waals surface area contributed by atoms with Crippen molar-refractivity contribution in [2.75, 3.05) is 22.7 Å². The van der Waals surface area contributed by atoms with Crippen LogP contribution in [0.4, 0.5) is 11.4 Å². The molecule has 0 aliphatic carbocycles. The number of rotatable bonds is 6. The number of hydrogen-bond acceptors (Lipinski definition) is 15. The smallest absolute Gasteiger partial charge is 0.266 e. The zero-order chi connectivity index (χ0) is 56.3. The Morgan fingerprint density at radius 1 is 0.481 bits per heavy atom. The van der Waals surface area contributed by atoms with Gasteiger partial charge in [0.15, 0.2) is 19.5 Å². The number of para-hydroxylation sites is 2. The second-order valence-corrected chi connectivity index (χ2v) is 35.3. The Kier molecular flexibility index (Phi) is 13.4. The van der Waals surface area contributed by atoms with E-state index in [0.717, 1.165) is 33.4 Å². The zero-order valence-corrected chi connectivity index (χ0v) is 51.1. The van der Waals surface area contributed by atoms with Gasteiger partial charge in [-0.2, -0.15) is 0 Å². The Labute approximate surface area is 501 Å². The van der Waals surface area contributed by atoms with E-state index in [1.807, 2.05) is 105 Å². The van der Waals surface area contributed by atoms with Crippen molar-refractivity contribution in [2.45, 2.75) is 100 Å². The van der Waals surface area contributed by atoms with Gasteiger partial charge in [0, 0.05) is 26.9 Å². The van der Waals surface area contributed by atoms with Crippen LogP contribution in [0.25, 0.3) is 0 Å². The number of thiocarbonyl (C=S) groups is 1. The average molecular weight is 1250 g/mol. The maximum absolute atomic E-state index is 14.7. The number of fused-ring (bicyclic) bond motifs is 13. The second-order valence-electron chi connectivity index (χ2n) is 21.4. The van der Waals surface area contributed by atoms with Gasteiger partial charge in [-0.25, -0.2) is 25.4 Å². The molecule has 0 aromatic heterocycles. The topological polar surface area (TPSA) is 156 Å². The highest BCUT2D eigenvalue weighted by Crippen LogP contribution is 2.72. The van der Waals surface area contributed by atoms with Crippen molar-refractivity contribution >= 4 is 136 Å². The predicted octanol–water partition coefficient (Wildman–Crippen LogP) is 11.0. The summed E-state index contributed by atoms with van der Waals surface area (Å²) in [5, 5.41) is 0. The van der Waals surface area contributed by atoms with Crippen LogP contribution in [-0.2, 0) is 50.1 Å². The highest BCUT2D eigenvalue weighted by molar-refractivity contribution is 9.26. The fourth-order valence-corrected chi connectivity index (χ4v) is 28.1. The number of piperazine rings is 2. The molecule has 23 heteroatoms. The minimum Gasteiger partial charge on any atom is -0.320 e. The predicted molar refractivity (Wildman–Crippen MR) is 332 cm³/mol. The fourth-order valence-electron chi connectivity index (χ4n) is 13.3. The zero-order valence-electron chi connectivity index (χ0n) is 43.7. The minimum atomic E-state index is -4.17. The summed E-state index contributed by atoms with van der Waals surface area (Å²) in [5.41, 5.74) is 4.45. The van der Waals surface area contributed by atoms with Crippen molar-refractivity contribution in [1.29, 1.82) is 0 Å². The molecule has 81 heavy (non-hydrogen) atoms. The molecule has 0 unspecified atom stereocenters. The van der Waals surface area contributed by atoms with E-state index in [0.29, 0.717) is 14.9 Å². The first-order valence-electron chi connectivity index (χ1n) is 25.5. The largest absolute Gasteiger partial charge is 0.320 e. The molecule has 8 saturated heterocycles. The molecule has 0 radical (unpaired) electrons. The van der Waals surface area contributed by atoms with Crippen molar-refractivity contribution < 1.29 is 36.0 Å². The van der Waals surface area contributed by atoms with E-state index in [1.165, 1.54) is 78.3 Å². The first-order valence-corrected chi connectivity index (χ1v) is 35.2. The van der Waals surface area contributed by atoms with Gasteiger partial charge in [0.2, 0.25) is 0 Å². The molecule has 0 saturated carbocycles. The van der Waals surface area contributed by atoms with Gasteiger partial charge in [-0.1, -0.05) is 176 Å². The lowest BCUT2D eigenvalue weighted by Gasteiger charge is -2.54. The van der Waals surface area contributed by atoms with E-state index in [-0.39, 0.29) is 53.7 Å². The molecule has 418 valence electrons. The van der Waals surface area contributed by atoms with Crippen LogP contribution in [0, 0.1) is 13.8 Å². The summed E-state index contributed by atoms with van der Waals surface area (Å²) >= 11 is 8.12. The lowest BCUT2D eigenvalue weighted by molar-refractivity contribution is -0.163. The van der Waals surface area contributed by atoms with E-state index in [1.54, 1.807) is 109 Å². The van der Waals surface area contributed by atoms with Gasteiger partial charge in [0.1, 0.15) is 15.9 Å². The second kappa shape index (κ2) is 19.2. The molecule has 8 fully saturated rings. The van der Waals surface area contributed by atoms with E-state index < -0.39 is 62.7 Å². The van der Waals surface area contributed by atoms with Crippen molar-refractivity contribution in [3.63, 3.8) is 0 Å². The Morgan fingerprint density at radius 2 is 0.864 bits per heavy atom. The first kappa shape index (κ1) is 56.4. The van der Waals surface area contributed by atoms with Crippen LogP contribution in [0.5, 0.6) is 0 Å². The standard InChI is InChI=1S/C29H25N3O4S4.C28H25N3O4S5.CH4/c1-18-13-15-19(16-14-18)28-17-29-25(34)30(3)27(2,38-26(37)39-29)24(33)31(29)23(28)32(22-12-8-7-11-21(22)28)40(35,36)20-9-5-4-6-10-20;1-18-13-15-19(16-14-18)27-17-28-25(33)29(3)26(2,36-38-39-37-28)24(32)30(28)23(27)31(22-12-8-7-11-21(22)27)40(34,35)20-9-5-4-6-10-20;/h2*4-16,23H,17H2,1-3H3;1H4/t23-,27-,28-,29-;23-,26-,27-,28-;/m00./s1. The lowest BCUT2D eigenvalue weighted by atomic mass is 9.72. The van der Waals surface area contributed by atoms with Gasteiger partial charge < -0.3 is 9.80 Å². The number of aryl methyl sites for hydroxylation is 2. The highest BCUT2D eigenvalue weighted by Gasteiger charge is 2.80. The third-order valence-electron chi connectivity index (χ3n) is 17.3. The fraction of sp³-hybridized carbons (Fsp3) is 0.293. The van der Waals surface area contributed by atoms with Crippen molar-refractivity contribution in [3.8, 4) is 0 Å². The Hall–Kier alpha value is -5.11. The maximum Gasteiger partial charge on any atom is 0.266 e. The summed E-state index contributed by atoms with van der Waals surface area (Å²) in [7, 11) is 0.654. The number of carbonyl (C=O) groups excluding carboxylic acids is 4.